The van der Waals surface area contributed by atoms with Crippen LogP contribution in [0.1, 0.15) is 26.2 Å². The molecule has 0 aromatic heterocycles. The van der Waals surface area contributed by atoms with Gasteiger partial charge in [-0.05, 0) is 37.3 Å². The third-order valence-corrected chi connectivity index (χ3v) is 3.28. The maximum Gasteiger partial charge on any atom is 0.258 e. The third-order valence-electron chi connectivity index (χ3n) is 3.28. The SMILES string of the molecule is CC1CCC(NC(=O)COc2ccccc2O)C1. The van der Waals surface area contributed by atoms with Crippen LogP contribution in [-0.2, 0) is 4.79 Å². The van der Waals surface area contributed by atoms with Crippen LogP contribution >= 0.6 is 0 Å². The van der Waals surface area contributed by atoms with Crippen molar-refractivity contribution in [1.82, 2.24) is 5.32 Å². The van der Waals surface area contributed by atoms with E-state index in [0.717, 1.165) is 12.8 Å². The average Bonchev–Trinajstić information content (AvgIpc) is 2.74. The minimum Gasteiger partial charge on any atom is -0.504 e. The van der Waals surface area contributed by atoms with Gasteiger partial charge in [-0.1, -0.05) is 19.1 Å². The Kier molecular flexibility index (Phi) is 4.07. The molecule has 18 heavy (non-hydrogen) atoms. The lowest BCUT2D eigenvalue weighted by atomic mass is 10.1. The van der Waals surface area contributed by atoms with E-state index in [1.54, 1.807) is 18.2 Å². The number of para-hydroxylation sites is 2. The summed E-state index contributed by atoms with van der Waals surface area (Å²) in [6, 6.07) is 6.92. The molecule has 1 amide bonds. The molecular formula is C14H19NO3. The zero-order valence-electron chi connectivity index (χ0n) is 10.6. The molecule has 2 unspecified atom stereocenters. The molecule has 0 bridgehead atoms. The lowest BCUT2D eigenvalue weighted by Crippen LogP contribution is -2.36. The van der Waals surface area contributed by atoms with E-state index in [9.17, 15) is 9.90 Å². The van der Waals surface area contributed by atoms with Gasteiger partial charge in [-0.2, -0.15) is 0 Å². The monoisotopic (exact) mass is 249 g/mol. The number of phenols is 1. The smallest absolute Gasteiger partial charge is 0.258 e. The highest BCUT2D eigenvalue weighted by Crippen LogP contribution is 2.25. The fraction of sp³-hybridized carbons (Fsp3) is 0.500. The molecule has 2 N–H and O–H groups in total. The van der Waals surface area contributed by atoms with Crippen molar-refractivity contribution in [2.45, 2.75) is 32.2 Å². The van der Waals surface area contributed by atoms with E-state index in [1.807, 2.05) is 0 Å². The van der Waals surface area contributed by atoms with Crippen LogP contribution in [0.4, 0.5) is 0 Å². The van der Waals surface area contributed by atoms with E-state index in [1.165, 1.54) is 12.5 Å². The van der Waals surface area contributed by atoms with E-state index in [-0.39, 0.29) is 24.3 Å². The summed E-state index contributed by atoms with van der Waals surface area (Å²) < 4.78 is 5.27. The molecule has 1 saturated carbocycles. The summed E-state index contributed by atoms with van der Waals surface area (Å²) in [6.45, 7) is 2.15. The largest absolute Gasteiger partial charge is 0.504 e. The molecule has 0 spiro atoms. The van der Waals surface area contributed by atoms with Gasteiger partial charge in [0, 0.05) is 6.04 Å². The molecule has 4 heteroatoms. The topological polar surface area (TPSA) is 58.6 Å². The second kappa shape index (κ2) is 5.76. The van der Waals surface area contributed by atoms with Crippen molar-refractivity contribution in [2.24, 2.45) is 5.92 Å². The van der Waals surface area contributed by atoms with E-state index < -0.39 is 0 Å². The van der Waals surface area contributed by atoms with Crippen molar-refractivity contribution >= 4 is 5.91 Å². The fourth-order valence-electron chi connectivity index (χ4n) is 2.33. The second-order valence-corrected chi connectivity index (χ2v) is 4.94. The summed E-state index contributed by atoms with van der Waals surface area (Å²) in [4.78, 5) is 11.7. The standard InChI is InChI=1S/C14H19NO3/c1-10-6-7-11(8-10)15-14(17)9-18-13-5-3-2-4-12(13)16/h2-5,10-11,16H,6-9H2,1H3,(H,15,17). The Labute approximate surface area is 107 Å². The van der Waals surface area contributed by atoms with Gasteiger partial charge in [0.1, 0.15) is 0 Å². The number of hydrogen-bond acceptors (Lipinski definition) is 3. The van der Waals surface area contributed by atoms with E-state index >= 15 is 0 Å². The number of hydrogen-bond donors (Lipinski definition) is 2. The summed E-state index contributed by atoms with van der Waals surface area (Å²) in [6.07, 6.45) is 3.26. The van der Waals surface area contributed by atoms with Gasteiger partial charge in [0.05, 0.1) is 0 Å². The van der Waals surface area contributed by atoms with Crippen molar-refractivity contribution < 1.29 is 14.6 Å². The summed E-state index contributed by atoms with van der Waals surface area (Å²) >= 11 is 0. The highest BCUT2D eigenvalue weighted by atomic mass is 16.5. The first kappa shape index (κ1) is 12.7. The summed E-state index contributed by atoms with van der Waals surface area (Å²) in [5, 5.41) is 12.4. The van der Waals surface area contributed by atoms with Crippen LogP contribution in [-0.4, -0.2) is 23.7 Å². The van der Waals surface area contributed by atoms with Crippen LogP contribution in [0.5, 0.6) is 11.5 Å². The Morgan fingerprint density at radius 2 is 2.22 bits per heavy atom. The minimum atomic E-state index is -0.127. The molecule has 98 valence electrons. The third kappa shape index (κ3) is 3.39. The van der Waals surface area contributed by atoms with Crippen LogP contribution in [0.15, 0.2) is 24.3 Å². The van der Waals surface area contributed by atoms with E-state index in [0.29, 0.717) is 11.7 Å². The lowest BCUT2D eigenvalue weighted by molar-refractivity contribution is -0.123. The number of nitrogens with one attached hydrogen (secondary N) is 1. The molecule has 1 aromatic rings. The maximum atomic E-state index is 11.7. The van der Waals surface area contributed by atoms with Crippen molar-refractivity contribution in [3.63, 3.8) is 0 Å². The fourth-order valence-corrected chi connectivity index (χ4v) is 2.33. The van der Waals surface area contributed by atoms with Crippen LogP contribution in [0.2, 0.25) is 0 Å². The Bertz CT molecular complexity index is 419. The number of carbonyl (C=O) groups is 1. The number of phenolic OH excluding ortho intramolecular Hbond substituents is 1. The van der Waals surface area contributed by atoms with Crippen molar-refractivity contribution in [3.05, 3.63) is 24.3 Å². The Morgan fingerprint density at radius 3 is 2.89 bits per heavy atom. The summed E-state index contributed by atoms with van der Waals surface area (Å²) in [5.74, 6) is 0.957. The van der Waals surface area contributed by atoms with Crippen molar-refractivity contribution in [2.75, 3.05) is 6.61 Å². The first-order chi connectivity index (χ1) is 8.65. The lowest BCUT2D eigenvalue weighted by Gasteiger charge is -2.13. The molecule has 4 nitrogen and oxygen atoms in total. The average molecular weight is 249 g/mol. The van der Waals surface area contributed by atoms with Crippen molar-refractivity contribution in [1.29, 1.82) is 0 Å². The number of rotatable bonds is 4. The molecular weight excluding hydrogens is 230 g/mol. The number of aromatic hydroxyl groups is 1. The normalized spacial score (nSPS) is 22.7. The van der Waals surface area contributed by atoms with Crippen LogP contribution in [0.3, 0.4) is 0 Å². The molecule has 1 fully saturated rings. The van der Waals surface area contributed by atoms with E-state index in [4.69, 9.17) is 4.74 Å². The summed E-state index contributed by atoms with van der Waals surface area (Å²) in [5.41, 5.74) is 0. The molecule has 0 radical (unpaired) electrons. The van der Waals surface area contributed by atoms with Gasteiger partial charge >= 0.3 is 0 Å². The van der Waals surface area contributed by atoms with Crippen LogP contribution in [0.25, 0.3) is 0 Å². The Hall–Kier alpha value is -1.71. The highest BCUT2D eigenvalue weighted by molar-refractivity contribution is 5.78. The number of ether oxygens (including phenoxy) is 1. The maximum absolute atomic E-state index is 11.7. The summed E-state index contributed by atoms with van der Waals surface area (Å²) in [7, 11) is 0. The number of benzene rings is 1. The quantitative estimate of drug-likeness (QED) is 0.859. The molecule has 1 aliphatic carbocycles. The molecule has 0 saturated heterocycles. The van der Waals surface area contributed by atoms with Crippen molar-refractivity contribution in [3.8, 4) is 11.5 Å². The van der Waals surface area contributed by atoms with Gasteiger partial charge in [-0.25, -0.2) is 0 Å². The van der Waals surface area contributed by atoms with Gasteiger partial charge in [0.15, 0.2) is 18.1 Å². The van der Waals surface area contributed by atoms with Gasteiger partial charge in [-0.15, -0.1) is 0 Å². The molecule has 2 atom stereocenters. The van der Waals surface area contributed by atoms with Gasteiger partial charge in [-0.3, -0.25) is 4.79 Å². The van der Waals surface area contributed by atoms with Gasteiger partial charge in [0.25, 0.3) is 5.91 Å². The molecule has 1 aliphatic rings. The molecule has 1 aromatic carbocycles. The van der Waals surface area contributed by atoms with E-state index in [2.05, 4.69) is 12.2 Å². The van der Waals surface area contributed by atoms with Crippen LogP contribution < -0.4 is 10.1 Å². The first-order valence-electron chi connectivity index (χ1n) is 6.35. The molecule has 0 heterocycles. The number of carbonyl (C=O) groups excluding carboxylic acids is 1. The van der Waals surface area contributed by atoms with Gasteiger partial charge < -0.3 is 15.2 Å². The predicted octanol–water partition coefficient (Wildman–Crippen LogP) is 2.08. The van der Waals surface area contributed by atoms with Gasteiger partial charge in [0.2, 0.25) is 0 Å². The van der Waals surface area contributed by atoms with Crippen LogP contribution in [0, 0.1) is 5.92 Å². The Balaban J connectivity index is 1.77. The zero-order chi connectivity index (χ0) is 13.0. The second-order valence-electron chi connectivity index (χ2n) is 4.94. The zero-order valence-corrected chi connectivity index (χ0v) is 10.6. The molecule has 0 aliphatic heterocycles. The predicted molar refractivity (Wildman–Crippen MR) is 68.5 cm³/mol. The first-order valence-corrected chi connectivity index (χ1v) is 6.35. The molecule has 2 rings (SSSR count). The number of amides is 1. The minimum absolute atomic E-state index is 0.0531. The Morgan fingerprint density at radius 1 is 1.44 bits per heavy atom. The highest BCUT2D eigenvalue weighted by Gasteiger charge is 2.22.